The van der Waals surface area contributed by atoms with Crippen molar-refractivity contribution in [3.8, 4) is 40.3 Å². The Morgan fingerprint density at radius 3 is 1.28 bits per heavy atom. The van der Waals surface area contributed by atoms with Gasteiger partial charge in [0.15, 0.2) is 15.1 Å². The molecule has 6 N–H and O–H groups in total. The molecule has 4 saturated heterocycles. The molecular formula is C99H123F2N17O16S4. The Bertz CT molecular complexity index is 6620. The van der Waals surface area contributed by atoms with Crippen LogP contribution < -0.4 is 68.1 Å². The maximum Gasteiger partial charge on any atom is 0.281 e. The first kappa shape index (κ1) is 104. The Balaban J connectivity index is 0.000000165. The van der Waals surface area contributed by atoms with Crippen molar-refractivity contribution >= 4 is 92.8 Å². The molecule has 0 spiro atoms. The van der Waals surface area contributed by atoms with Crippen molar-refractivity contribution in [3.05, 3.63) is 227 Å². The summed E-state index contributed by atoms with van der Waals surface area (Å²) < 4.78 is 162. The van der Waals surface area contributed by atoms with Gasteiger partial charge in [0.2, 0.25) is 21.8 Å². The monoisotopic (exact) mass is 1970 g/mol. The number of hydrogen-bond donors (Lipinski definition) is 5. The van der Waals surface area contributed by atoms with E-state index in [-0.39, 0.29) is 94.4 Å². The molecule has 138 heavy (non-hydrogen) atoms. The van der Waals surface area contributed by atoms with E-state index < -0.39 is 86.2 Å². The number of nitrogens with zero attached hydrogens (tertiary/aromatic N) is 12. The predicted molar refractivity (Wildman–Crippen MR) is 525 cm³/mol. The van der Waals surface area contributed by atoms with Crippen LogP contribution in [-0.2, 0) is 46.6 Å². The molecular weight excluding hydrogens is 1850 g/mol. The number of carbonyl (C=O) groups is 4. The van der Waals surface area contributed by atoms with Crippen LogP contribution in [0.3, 0.4) is 0 Å². The topological polar surface area (TPSA) is 422 Å². The van der Waals surface area contributed by atoms with Gasteiger partial charge in [-0.25, -0.2) is 61.0 Å². The number of ether oxygens (including phenoxy) is 4. The zero-order chi connectivity index (χ0) is 101. The van der Waals surface area contributed by atoms with E-state index in [9.17, 15) is 61.6 Å². The molecule has 7 aromatic heterocycles. The standard InChI is InChI=1S/C27H33N5O4S.C26H30N4O5S.C24H30F2N4O3S.C22H30N4O4S/c1-19-16-27(2,3)32(17-19)25-22(8-7-15-28-25)26(33)30-37(34,35)24-10-6-9-23(29-24)31(4)18-20-11-13-21(36-5)14-12-20;1-17-12-19(34-5)14-20(13-17)35-22-9-6-10-23(28-22)36(32,33)29-25(31)21-8-7-11-27-24(21)30-16-18(2)15-26(30,3)4;1-14-12-24(2,3)30(13-14)22-20(23(31)29-34(32,33)19-5-4-18(27)11-19)6-7-21(28-22)15-8-16(25)10-17(26)9-15;1-15-13-22(5,6)26(14-15)19-16(9-8-12-23-19)20(27)25-31(28,29)18-11-7-10-17(24-18)30-21(2,3)4/h6-15,19H,16-18H2,1-5H3,(H,30,33);6-14,18H,15-16H2,1-5H3,(H,29,31);6-10,14,18-19H,4-5,11-13,27H2,1-3H3,(H,29,31);7-12,15H,13-14H2,1-6H3,(H,25,27)/t;;14-,18-,19?;/m..0./s1. The SMILES string of the molecule is CC1CN(c2ncccc2C(=O)NS(=O)(=O)c2cccc(OC(C)(C)C)n2)C(C)(C)C1.COc1cc(C)cc(Oc2cccc(S(=O)(=O)NC(=O)c3cccnc3N3CC(C)CC3(C)C)n2)c1.COc1ccc(CN(C)c2cccc(S(=O)(=O)NC(=O)c3cccnc3N3CC(C)CC3(C)C)n2)cc1.C[C@@H]1CN(c2nc(-c3cc(F)cc(F)c3)ccc2C(=O)NS(=O)(=O)C2CC[C@H](N)C2)C(C)(C)C1. The van der Waals surface area contributed by atoms with Crippen LogP contribution in [0.1, 0.15) is 201 Å². The number of sulfonamides is 4. The number of amides is 4. The first-order chi connectivity index (χ1) is 64.6. The number of methoxy groups -OCH3 is 2. The molecule has 3 aromatic carbocycles. The second-order valence-corrected chi connectivity index (χ2v) is 46.3. The Morgan fingerprint density at radius 2 is 0.862 bits per heavy atom. The lowest BCUT2D eigenvalue weighted by molar-refractivity contribution is 0.0972. The van der Waals surface area contributed by atoms with Gasteiger partial charge in [-0.05, 0) is 272 Å². The lowest BCUT2D eigenvalue weighted by Crippen LogP contribution is -2.42. The van der Waals surface area contributed by atoms with Crippen molar-refractivity contribution in [2.45, 2.75) is 216 Å². The van der Waals surface area contributed by atoms with Crippen LogP contribution in [0.2, 0.25) is 0 Å². The van der Waals surface area contributed by atoms with Crippen molar-refractivity contribution in [3.63, 3.8) is 0 Å². The van der Waals surface area contributed by atoms with Crippen LogP contribution in [0.5, 0.6) is 29.0 Å². The summed E-state index contributed by atoms with van der Waals surface area (Å²) in [6, 6.07) is 41.8. The van der Waals surface area contributed by atoms with Crippen molar-refractivity contribution in [1.82, 2.24) is 53.8 Å². The summed E-state index contributed by atoms with van der Waals surface area (Å²) in [6.07, 6.45) is 9.78. The van der Waals surface area contributed by atoms with Crippen LogP contribution in [-0.4, -0.2) is 179 Å². The third-order valence-corrected chi connectivity index (χ3v) is 29.7. The minimum absolute atomic E-state index is 0.0628. The number of benzene rings is 3. The number of halogens is 2. The number of aryl methyl sites for hydroxylation is 1. The molecule has 5 fully saturated rings. The van der Waals surface area contributed by atoms with Gasteiger partial charge in [0.05, 0.1) is 47.4 Å². The number of carbonyl (C=O) groups excluding carboxylic acids is 4. The van der Waals surface area contributed by atoms with Crippen molar-refractivity contribution < 1.29 is 80.6 Å². The van der Waals surface area contributed by atoms with Crippen molar-refractivity contribution in [1.29, 1.82) is 0 Å². The van der Waals surface area contributed by atoms with E-state index >= 15 is 0 Å². The molecule has 4 aliphatic heterocycles. The Morgan fingerprint density at radius 1 is 0.464 bits per heavy atom. The summed E-state index contributed by atoms with van der Waals surface area (Å²) >= 11 is 0. The number of aromatic nitrogens is 7. The fourth-order valence-corrected chi connectivity index (χ4v) is 22.8. The Labute approximate surface area is 807 Å². The zero-order valence-corrected chi connectivity index (χ0v) is 84.4. The number of rotatable bonds is 25. The first-order valence-corrected chi connectivity index (χ1v) is 51.4. The van der Waals surface area contributed by atoms with Gasteiger partial charge in [-0.1, -0.05) is 58.0 Å². The molecule has 6 atom stereocenters. The summed E-state index contributed by atoms with van der Waals surface area (Å²) in [6.45, 7) is 35.8. The van der Waals surface area contributed by atoms with Crippen LogP contribution in [0, 0.1) is 42.2 Å². The normalized spacial score (nSPS) is 19.2. The van der Waals surface area contributed by atoms with Gasteiger partial charge >= 0.3 is 0 Å². The van der Waals surface area contributed by atoms with Gasteiger partial charge in [-0.15, -0.1) is 0 Å². The van der Waals surface area contributed by atoms with E-state index in [1.165, 1.54) is 60.7 Å². The molecule has 738 valence electrons. The minimum atomic E-state index is -4.28. The highest BCUT2D eigenvalue weighted by atomic mass is 32.2. The second kappa shape index (κ2) is 42.0. The average molecular weight is 1970 g/mol. The van der Waals surface area contributed by atoms with Gasteiger partial charge in [0.1, 0.15) is 63.6 Å². The molecule has 5 aliphatic rings. The highest BCUT2D eigenvalue weighted by molar-refractivity contribution is 7.91. The van der Waals surface area contributed by atoms with E-state index in [1.54, 1.807) is 99.5 Å². The Hall–Kier alpha value is -12.6. The molecule has 1 saturated carbocycles. The largest absolute Gasteiger partial charge is 0.497 e. The van der Waals surface area contributed by atoms with Crippen LogP contribution in [0.4, 0.5) is 37.9 Å². The predicted octanol–water partition coefficient (Wildman–Crippen LogP) is 15.2. The summed E-state index contributed by atoms with van der Waals surface area (Å²) in [7, 11) is -11.7. The van der Waals surface area contributed by atoms with E-state index in [0.29, 0.717) is 90.8 Å². The quantitative estimate of drug-likeness (QED) is 0.0355. The molecule has 1 aliphatic carbocycles. The van der Waals surface area contributed by atoms with E-state index in [2.05, 4.69) is 138 Å². The molecule has 4 unspecified atom stereocenters. The smallest absolute Gasteiger partial charge is 0.281 e. The molecule has 0 bridgehead atoms. The first-order valence-electron chi connectivity index (χ1n) is 45.4. The maximum atomic E-state index is 13.8. The van der Waals surface area contributed by atoms with E-state index in [0.717, 1.165) is 68.3 Å². The molecule has 15 rings (SSSR count). The summed E-state index contributed by atoms with van der Waals surface area (Å²) in [5.74, 6) is 1.26. The van der Waals surface area contributed by atoms with Gasteiger partial charge in [0, 0.05) is 116 Å². The number of nitrogens with one attached hydrogen (secondary N) is 4. The van der Waals surface area contributed by atoms with Crippen LogP contribution >= 0.6 is 0 Å². The molecule has 33 nitrogen and oxygen atoms in total. The summed E-state index contributed by atoms with van der Waals surface area (Å²) in [4.78, 5) is 93.0. The number of pyridine rings is 7. The summed E-state index contributed by atoms with van der Waals surface area (Å²) in [5, 5.41) is -1.59. The summed E-state index contributed by atoms with van der Waals surface area (Å²) in [5.41, 5.74) is 7.46. The van der Waals surface area contributed by atoms with Gasteiger partial charge < -0.3 is 49.2 Å². The fraction of sp³-hybridized carbons (Fsp3) is 0.424. The number of hydrogen-bond acceptors (Lipinski definition) is 29. The van der Waals surface area contributed by atoms with Crippen LogP contribution in [0.25, 0.3) is 11.3 Å². The number of nitrogens with two attached hydrogens (primary N) is 1. The second-order valence-electron chi connectivity index (χ2n) is 39.4. The van der Waals surface area contributed by atoms with Crippen molar-refractivity contribution in [2.24, 2.45) is 29.4 Å². The molecule has 10 aromatic rings. The zero-order valence-electron chi connectivity index (χ0n) is 81.1. The average Bonchev–Trinajstić information content (AvgIpc) is 1.58. The molecule has 39 heteroatoms. The maximum absolute atomic E-state index is 13.8. The highest BCUT2D eigenvalue weighted by Crippen LogP contribution is 2.43. The van der Waals surface area contributed by atoms with Crippen LogP contribution in [0.15, 0.2) is 197 Å². The minimum Gasteiger partial charge on any atom is -0.497 e. The lowest BCUT2D eigenvalue weighted by Gasteiger charge is -2.34. The fourth-order valence-electron chi connectivity index (χ4n) is 18.5. The molecule has 0 radical (unpaired) electrons. The third kappa shape index (κ3) is 25.9. The lowest BCUT2D eigenvalue weighted by atomic mass is 9.97. The highest BCUT2D eigenvalue weighted by Gasteiger charge is 2.45. The van der Waals surface area contributed by atoms with E-state index in [1.807, 2.05) is 88.7 Å². The van der Waals surface area contributed by atoms with Crippen molar-refractivity contribution in [2.75, 3.05) is 71.9 Å². The van der Waals surface area contributed by atoms with Gasteiger partial charge in [-0.3, -0.25) is 19.2 Å². The van der Waals surface area contributed by atoms with Gasteiger partial charge in [-0.2, -0.15) is 35.2 Å². The Kier molecular flexibility index (Phi) is 31.7. The third-order valence-electron chi connectivity index (χ3n) is 24.3. The molecule has 11 heterocycles. The van der Waals surface area contributed by atoms with Gasteiger partial charge in [0.25, 0.3) is 53.7 Å². The molecule has 4 amide bonds. The van der Waals surface area contributed by atoms with E-state index in [4.69, 9.17) is 24.7 Å². The number of anilines is 5.